The van der Waals surface area contributed by atoms with E-state index < -0.39 is 17.6 Å². The predicted octanol–water partition coefficient (Wildman–Crippen LogP) is -0.613. The molecule has 100 valence electrons. The number of carboxylic acid groups (broad SMARTS) is 1. The van der Waals surface area contributed by atoms with Crippen LogP contribution in [0, 0.1) is 0 Å². The number of urea groups is 1. The first-order valence-corrected chi connectivity index (χ1v) is 5.26. The lowest BCUT2D eigenvalue weighted by atomic mass is 10.1. The van der Waals surface area contributed by atoms with E-state index in [4.69, 9.17) is 5.11 Å². The molecule has 0 radical (unpaired) electrons. The number of rotatable bonds is 5. The summed E-state index contributed by atoms with van der Waals surface area (Å²) in [5.41, 5.74) is -1.98. The van der Waals surface area contributed by atoms with Gasteiger partial charge in [-0.1, -0.05) is 0 Å². The molecule has 1 rings (SSSR count). The fraction of sp³-hybridized carbons (Fsp3) is 0.500. The maximum atomic E-state index is 11.6. The third kappa shape index (κ3) is 3.74. The van der Waals surface area contributed by atoms with Crippen molar-refractivity contribution in [3.63, 3.8) is 0 Å². The Morgan fingerprint density at radius 2 is 2.28 bits per heavy atom. The molecular formula is C10H16N4O4. The molecule has 0 aromatic carbocycles. The highest BCUT2D eigenvalue weighted by atomic mass is 16.4. The Labute approximate surface area is 104 Å². The number of nitrogens with zero attached hydrogens (tertiary/aromatic N) is 2. The van der Waals surface area contributed by atoms with Crippen LogP contribution in [-0.2, 0) is 11.3 Å². The molecule has 8 nitrogen and oxygen atoms in total. The summed E-state index contributed by atoms with van der Waals surface area (Å²) in [6.45, 7) is 1.000. The van der Waals surface area contributed by atoms with Crippen molar-refractivity contribution in [1.29, 1.82) is 0 Å². The molecule has 1 atom stereocenters. The molecule has 18 heavy (non-hydrogen) atoms. The number of carbonyl (C=O) groups is 2. The van der Waals surface area contributed by atoms with E-state index in [0.29, 0.717) is 5.82 Å². The number of H-pyrrole nitrogens is 1. The van der Waals surface area contributed by atoms with E-state index in [2.05, 4.69) is 15.3 Å². The molecule has 1 heterocycles. The van der Waals surface area contributed by atoms with Crippen LogP contribution in [0.4, 0.5) is 4.79 Å². The number of hydrogen-bond acceptors (Lipinski definition) is 4. The van der Waals surface area contributed by atoms with Gasteiger partial charge in [0, 0.05) is 19.4 Å². The van der Waals surface area contributed by atoms with Crippen molar-refractivity contribution < 1.29 is 19.8 Å². The second-order valence-electron chi connectivity index (χ2n) is 4.13. The van der Waals surface area contributed by atoms with E-state index in [0.717, 1.165) is 6.92 Å². The Balaban J connectivity index is 2.43. The first kappa shape index (κ1) is 14.0. The summed E-state index contributed by atoms with van der Waals surface area (Å²) < 4.78 is 0. The van der Waals surface area contributed by atoms with Crippen molar-refractivity contribution in [2.75, 3.05) is 13.6 Å². The van der Waals surface area contributed by atoms with Gasteiger partial charge in [-0.3, -0.25) is 0 Å². The molecule has 1 aromatic rings. The lowest BCUT2D eigenvalue weighted by Gasteiger charge is -2.21. The number of nitrogens with one attached hydrogen (secondary N) is 2. The molecule has 0 spiro atoms. The molecule has 2 amide bonds. The topological polar surface area (TPSA) is 119 Å². The number of aromatic nitrogens is 2. The number of aliphatic carboxylic acids is 1. The van der Waals surface area contributed by atoms with Crippen LogP contribution in [0.1, 0.15) is 12.7 Å². The van der Waals surface area contributed by atoms with Crippen LogP contribution in [0.15, 0.2) is 12.4 Å². The minimum atomic E-state index is -1.98. The second-order valence-corrected chi connectivity index (χ2v) is 4.13. The Bertz CT molecular complexity index is 416. The van der Waals surface area contributed by atoms with E-state index in [1.54, 1.807) is 12.4 Å². The average Bonchev–Trinajstić information content (AvgIpc) is 2.78. The van der Waals surface area contributed by atoms with Crippen molar-refractivity contribution in [2.45, 2.75) is 19.1 Å². The van der Waals surface area contributed by atoms with Gasteiger partial charge in [-0.05, 0) is 6.92 Å². The normalized spacial score (nSPS) is 13.7. The van der Waals surface area contributed by atoms with Crippen LogP contribution in [0.5, 0.6) is 0 Å². The fourth-order valence-electron chi connectivity index (χ4n) is 1.14. The van der Waals surface area contributed by atoms with Gasteiger partial charge in [0.1, 0.15) is 5.82 Å². The minimum absolute atomic E-state index is 0.258. The Kier molecular flexibility index (Phi) is 4.27. The standard InChI is InChI=1S/C10H16N4O4/c1-10(18,8(15)16)6-13-9(17)14(2)5-7-11-3-4-12-7/h3-4,18H,5-6H2,1-2H3,(H,11,12)(H,13,17)(H,15,16). The molecule has 1 aromatic heterocycles. The van der Waals surface area contributed by atoms with Gasteiger partial charge in [-0.25, -0.2) is 14.6 Å². The molecule has 0 aliphatic heterocycles. The highest BCUT2D eigenvalue weighted by Crippen LogP contribution is 2.02. The van der Waals surface area contributed by atoms with Gasteiger partial charge in [-0.2, -0.15) is 0 Å². The molecule has 0 bridgehead atoms. The molecule has 4 N–H and O–H groups in total. The van der Waals surface area contributed by atoms with Crippen LogP contribution in [0.2, 0.25) is 0 Å². The van der Waals surface area contributed by atoms with Crippen molar-refractivity contribution >= 4 is 12.0 Å². The van der Waals surface area contributed by atoms with Gasteiger partial charge in [0.2, 0.25) is 0 Å². The number of imidazole rings is 1. The van der Waals surface area contributed by atoms with Gasteiger partial charge in [0.05, 0.1) is 13.1 Å². The summed E-state index contributed by atoms with van der Waals surface area (Å²) in [4.78, 5) is 30.3. The Hall–Kier alpha value is -2.09. The number of aliphatic hydroxyl groups is 1. The quantitative estimate of drug-likeness (QED) is 0.560. The second kappa shape index (κ2) is 5.50. The molecule has 0 saturated heterocycles. The van der Waals surface area contributed by atoms with Crippen molar-refractivity contribution in [1.82, 2.24) is 20.2 Å². The summed E-state index contributed by atoms with van der Waals surface area (Å²) in [5.74, 6) is -0.783. The zero-order valence-electron chi connectivity index (χ0n) is 10.2. The smallest absolute Gasteiger partial charge is 0.337 e. The summed E-state index contributed by atoms with van der Waals surface area (Å²) >= 11 is 0. The van der Waals surface area contributed by atoms with E-state index in [-0.39, 0.29) is 13.1 Å². The molecule has 0 aliphatic carbocycles. The number of hydrogen-bond donors (Lipinski definition) is 4. The van der Waals surface area contributed by atoms with Gasteiger partial charge >= 0.3 is 12.0 Å². The van der Waals surface area contributed by atoms with Gasteiger partial charge in [-0.15, -0.1) is 0 Å². The lowest BCUT2D eigenvalue weighted by molar-refractivity contribution is -0.155. The maximum Gasteiger partial charge on any atom is 0.337 e. The maximum absolute atomic E-state index is 11.6. The third-order valence-corrected chi connectivity index (χ3v) is 2.33. The van der Waals surface area contributed by atoms with E-state index in [1.165, 1.54) is 11.9 Å². The number of amides is 2. The van der Waals surface area contributed by atoms with Crippen molar-refractivity contribution in [3.05, 3.63) is 18.2 Å². The highest BCUT2D eigenvalue weighted by molar-refractivity contribution is 5.79. The summed E-state index contributed by atoms with van der Waals surface area (Å²) in [6, 6.07) is -0.493. The van der Waals surface area contributed by atoms with E-state index in [9.17, 15) is 14.7 Å². The van der Waals surface area contributed by atoms with Crippen LogP contribution in [0.25, 0.3) is 0 Å². The summed E-state index contributed by atoms with van der Waals surface area (Å²) in [5, 5.41) is 20.4. The number of carboxylic acids is 1. The minimum Gasteiger partial charge on any atom is -0.479 e. The van der Waals surface area contributed by atoms with Crippen LogP contribution in [0.3, 0.4) is 0 Å². The van der Waals surface area contributed by atoms with Crippen LogP contribution >= 0.6 is 0 Å². The Morgan fingerprint density at radius 3 is 2.78 bits per heavy atom. The Morgan fingerprint density at radius 1 is 1.61 bits per heavy atom. The summed E-state index contributed by atoms with van der Waals surface area (Å²) in [7, 11) is 1.54. The molecule has 1 unspecified atom stereocenters. The molecule has 0 fully saturated rings. The van der Waals surface area contributed by atoms with Gasteiger partial charge in [0.25, 0.3) is 0 Å². The molecule has 0 saturated carbocycles. The van der Waals surface area contributed by atoms with Crippen molar-refractivity contribution in [2.24, 2.45) is 0 Å². The van der Waals surface area contributed by atoms with E-state index >= 15 is 0 Å². The number of aromatic amines is 1. The average molecular weight is 256 g/mol. The molecule has 8 heteroatoms. The predicted molar refractivity (Wildman–Crippen MR) is 61.7 cm³/mol. The molecular weight excluding hydrogens is 240 g/mol. The van der Waals surface area contributed by atoms with E-state index in [1.807, 2.05) is 0 Å². The number of carbonyl (C=O) groups excluding carboxylic acids is 1. The molecule has 0 aliphatic rings. The largest absolute Gasteiger partial charge is 0.479 e. The first-order valence-electron chi connectivity index (χ1n) is 5.26. The zero-order chi connectivity index (χ0) is 13.8. The lowest BCUT2D eigenvalue weighted by Crippen LogP contribution is -2.49. The highest BCUT2D eigenvalue weighted by Gasteiger charge is 2.30. The van der Waals surface area contributed by atoms with Crippen LogP contribution < -0.4 is 5.32 Å². The van der Waals surface area contributed by atoms with Gasteiger partial charge < -0.3 is 25.4 Å². The SMILES string of the molecule is CN(Cc1ncc[nH]1)C(=O)NCC(C)(O)C(=O)O. The zero-order valence-corrected chi connectivity index (χ0v) is 10.2. The van der Waals surface area contributed by atoms with Crippen LogP contribution in [-0.4, -0.2) is 56.3 Å². The fourth-order valence-corrected chi connectivity index (χ4v) is 1.14. The van der Waals surface area contributed by atoms with Gasteiger partial charge in [0.15, 0.2) is 5.60 Å². The van der Waals surface area contributed by atoms with Crippen molar-refractivity contribution in [3.8, 4) is 0 Å². The summed E-state index contributed by atoms with van der Waals surface area (Å²) in [6.07, 6.45) is 3.20. The third-order valence-electron chi connectivity index (χ3n) is 2.33. The first-order chi connectivity index (χ1) is 8.33. The monoisotopic (exact) mass is 256 g/mol.